The summed E-state index contributed by atoms with van der Waals surface area (Å²) < 4.78 is 5.42. The first kappa shape index (κ1) is 14.9. The van der Waals surface area contributed by atoms with Crippen molar-refractivity contribution in [2.75, 3.05) is 27.2 Å². The minimum Gasteiger partial charge on any atom is -0.496 e. The second kappa shape index (κ2) is 5.83. The summed E-state index contributed by atoms with van der Waals surface area (Å²) in [6, 6.07) is 5.92. The Morgan fingerprint density at radius 1 is 1.40 bits per heavy atom. The summed E-state index contributed by atoms with van der Waals surface area (Å²) in [6.07, 6.45) is 2.15. The van der Waals surface area contributed by atoms with Crippen molar-refractivity contribution < 1.29 is 14.6 Å². The van der Waals surface area contributed by atoms with E-state index in [4.69, 9.17) is 4.74 Å². The molecule has 0 atom stereocenters. The van der Waals surface area contributed by atoms with Crippen LogP contribution in [0.15, 0.2) is 18.2 Å². The van der Waals surface area contributed by atoms with Gasteiger partial charge in [0, 0.05) is 5.56 Å². The van der Waals surface area contributed by atoms with E-state index in [2.05, 4.69) is 11.8 Å². The number of carboxylic acids is 1. The molecular formula is C16H23NO3. The predicted molar refractivity (Wildman–Crippen MR) is 78.4 cm³/mol. The van der Waals surface area contributed by atoms with E-state index in [1.165, 1.54) is 0 Å². The van der Waals surface area contributed by atoms with E-state index >= 15 is 0 Å². The van der Waals surface area contributed by atoms with Gasteiger partial charge in [0.15, 0.2) is 0 Å². The molecule has 4 heteroatoms. The summed E-state index contributed by atoms with van der Waals surface area (Å²) in [7, 11) is 3.64. The van der Waals surface area contributed by atoms with Crippen molar-refractivity contribution in [3.05, 3.63) is 29.3 Å². The number of carbonyl (C=O) groups is 1. The highest BCUT2D eigenvalue weighted by Gasteiger charge is 2.44. The number of rotatable bonds is 4. The molecular weight excluding hydrogens is 254 g/mol. The minimum atomic E-state index is -0.816. The molecule has 1 aliphatic rings. The number of methoxy groups -OCH3 is 1. The van der Waals surface area contributed by atoms with Crippen LogP contribution in [0.2, 0.25) is 0 Å². The molecule has 1 aliphatic heterocycles. The lowest BCUT2D eigenvalue weighted by Crippen LogP contribution is -2.46. The summed E-state index contributed by atoms with van der Waals surface area (Å²) >= 11 is 0. The summed E-state index contributed by atoms with van der Waals surface area (Å²) in [5.74, 6) is -0.0497. The predicted octanol–water partition coefficient (Wildman–Crippen LogP) is 2.31. The molecule has 1 fully saturated rings. The normalized spacial score (nSPS) is 18.8. The van der Waals surface area contributed by atoms with Crippen LogP contribution in [0.5, 0.6) is 5.75 Å². The zero-order valence-corrected chi connectivity index (χ0v) is 12.5. The third-order valence-corrected chi connectivity index (χ3v) is 4.44. The van der Waals surface area contributed by atoms with Crippen molar-refractivity contribution in [2.45, 2.75) is 31.6 Å². The second-order valence-corrected chi connectivity index (χ2v) is 5.58. The van der Waals surface area contributed by atoms with Crippen LogP contribution in [0, 0.1) is 0 Å². The molecule has 0 aliphatic carbocycles. The van der Waals surface area contributed by atoms with Crippen molar-refractivity contribution in [3.8, 4) is 5.75 Å². The zero-order chi connectivity index (χ0) is 14.8. The summed E-state index contributed by atoms with van der Waals surface area (Å²) in [6.45, 7) is 3.67. The quantitative estimate of drug-likeness (QED) is 0.917. The molecule has 20 heavy (non-hydrogen) atoms. The fourth-order valence-electron chi connectivity index (χ4n) is 2.95. The number of aliphatic carboxylic acids is 1. The molecule has 0 amide bonds. The molecule has 0 aromatic heterocycles. The van der Waals surface area contributed by atoms with Crippen LogP contribution in [0.25, 0.3) is 0 Å². The van der Waals surface area contributed by atoms with Crippen molar-refractivity contribution in [2.24, 2.45) is 0 Å². The highest BCUT2D eigenvalue weighted by Crippen LogP contribution is 2.41. The average Bonchev–Trinajstić information content (AvgIpc) is 2.47. The fourth-order valence-corrected chi connectivity index (χ4v) is 2.95. The van der Waals surface area contributed by atoms with Gasteiger partial charge < -0.3 is 14.7 Å². The number of piperidine rings is 1. The first-order valence-corrected chi connectivity index (χ1v) is 7.13. The number of ether oxygens (including phenoxy) is 1. The van der Waals surface area contributed by atoms with Gasteiger partial charge >= 0.3 is 5.97 Å². The maximum atomic E-state index is 12.0. The average molecular weight is 277 g/mol. The van der Waals surface area contributed by atoms with E-state index in [1.54, 1.807) is 7.11 Å². The lowest BCUT2D eigenvalue weighted by atomic mass is 9.72. The molecule has 1 aromatic rings. The van der Waals surface area contributed by atoms with E-state index < -0.39 is 11.4 Å². The number of carboxylic acid groups (broad SMARTS) is 1. The molecule has 0 bridgehead atoms. The molecule has 0 radical (unpaired) electrons. The molecule has 1 heterocycles. The van der Waals surface area contributed by atoms with Gasteiger partial charge in [-0.25, -0.2) is 0 Å². The van der Waals surface area contributed by atoms with Crippen LogP contribution < -0.4 is 4.74 Å². The summed E-state index contributed by atoms with van der Waals surface area (Å²) in [4.78, 5) is 14.2. The third-order valence-electron chi connectivity index (χ3n) is 4.44. The standard InChI is InChI=1S/C16H23NO3/c1-4-12-5-6-14(20-3)13(11-12)16(15(18)19)7-9-17(2)10-8-16/h5-6,11H,4,7-10H2,1-3H3,(H,18,19). The Balaban J connectivity index is 2.51. The molecule has 1 N–H and O–H groups in total. The van der Waals surface area contributed by atoms with Crippen LogP contribution in [0.1, 0.15) is 30.9 Å². The Hall–Kier alpha value is -1.55. The van der Waals surface area contributed by atoms with Gasteiger partial charge in [-0.3, -0.25) is 4.79 Å². The largest absolute Gasteiger partial charge is 0.496 e. The number of benzene rings is 1. The first-order chi connectivity index (χ1) is 9.53. The van der Waals surface area contributed by atoms with Crippen LogP contribution in [0.4, 0.5) is 0 Å². The van der Waals surface area contributed by atoms with E-state index in [0.29, 0.717) is 18.6 Å². The van der Waals surface area contributed by atoms with Crippen molar-refractivity contribution >= 4 is 5.97 Å². The van der Waals surface area contributed by atoms with Gasteiger partial charge in [-0.15, -0.1) is 0 Å². The maximum absolute atomic E-state index is 12.0. The summed E-state index contributed by atoms with van der Waals surface area (Å²) in [5, 5.41) is 9.84. The lowest BCUT2D eigenvalue weighted by molar-refractivity contribution is -0.145. The first-order valence-electron chi connectivity index (χ1n) is 7.13. The Morgan fingerprint density at radius 3 is 2.55 bits per heavy atom. The number of hydrogen-bond acceptors (Lipinski definition) is 3. The Morgan fingerprint density at radius 2 is 2.05 bits per heavy atom. The molecule has 0 saturated carbocycles. The lowest BCUT2D eigenvalue weighted by Gasteiger charge is -2.38. The summed E-state index contributed by atoms with van der Waals surface area (Å²) in [5.41, 5.74) is 1.17. The fraction of sp³-hybridized carbons (Fsp3) is 0.562. The van der Waals surface area contributed by atoms with Crippen molar-refractivity contribution in [3.63, 3.8) is 0 Å². The van der Waals surface area contributed by atoms with Crippen LogP contribution in [-0.2, 0) is 16.6 Å². The zero-order valence-electron chi connectivity index (χ0n) is 12.5. The van der Waals surface area contributed by atoms with Crippen LogP contribution >= 0.6 is 0 Å². The van der Waals surface area contributed by atoms with Gasteiger partial charge in [0.05, 0.1) is 12.5 Å². The Bertz CT molecular complexity index is 490. The molecule has 4 nitrogen and oxygen atoms in total. The minimum absolute atomic E-state index is 0.627. The van der Waals surface area contributed by atoms with Gasteiger partial charge in [-0.1, -0.05) is 19.1 Å². The molecule has 1 saturated heterocycles. The number of aryl methyl sites for hydroxylation is 1. The van der Waals surface area contributed by atoms with E-state index in [0.717, 1.165) is 30.6 Å². The molecule has 0 spiro atoms. The Kier molecular flexibility index (Phi) is 4.33. The highest BCUT2D eigenvalue weighted by molar-refractivity contribution is 5.83. The number of hydrogen-bond donors (Lipinski definition) is 1. The molecule has 2 rings (SSSR count). The molecule has 110 valence electrons. The number of likely N-dealkylation sites (tertiary alicyclic amines) is 1. The van der Waals surface area contributed by atoms with E-state index in [1.807, 2.05) is 25.2 Å². The van der Waals surface area contributed by atoms with Crippen molar-refractivity contribution in [1.82, 2.24) is 4.90 Å². The van der Waals surface area contributed by atoms with Crippen LogP contribution in [-0.4, -0.2) is 43.2 Å². The third kappa shape index (κ3) is 2.52. The van der Waals surface area contributed by atoms with Crippen molar-refractivity contribution in [1.29, 1.82) is 0 Å². The highest BCUT2D eigenvalue weighted by atomic mass is 16.5. The van der Waals surface area contributed by atoms with E-state index in [-0.39, 0.29) is 0 Å². The van der Waals surface area contributed by atoms with Gasteiger partial charge in [0.25, 0.3) is 0 Å². The monoisotopic (exact) mass is 277 g/mol. The smallest absolute Gasteiger partial charge is 0.314 e. The van der Waals surface area contributed by atoms with Gasteiger partial charge in [-0.05, 0) is 51.0 Å². The maximum Gasteiger partial charge on any atom is 0.314 e. The molecule has 1 aromatic carbocycles. The van der Waals surface area contributed by atoms with Crippen LogP contribution in [0.3, 0.4) is 0 Å². The van der Waals surface area contributed by atoms with Gasteiger partial charge in [-0.2, -0.15) is 0 Å². The molecule has 0 unspecified atom stereocenters. The second-order valence-electron chi connectivity index (χ2n) is 5.58. The Labute approximate surface area is 120 Å². The van der Waals surface area contributed by atoms with E-state index in [9.17, 15) is 9.90 Å². The van der Waals surface area contributed by atoms with Gasteiger partial charge in [0.2, 0.25) is 0 Å². The van der Waals surface area contributed by atoms with Gasteiger partial charge in [0.1, 0.15) is 5.75 Å². The number of nitrogens with zero attached hydrogens (tertiary/aromatic N) is 1. The SMILES string of the molecule is CCc1ccc(OC)c(C2(C(=O)O)CCN(C)CC2)c1. The topological polar surface area (TPSA) is 49.8 Å².